The second kappa shape index (κ2) is 4.51. The van der Waals surface area contributed by atoms with Gasteiger partial charge in [-0.2, -0.15) is 0 Å². The lowest BCUT2D eigenvalue weighted by atomic mass is 9.55. The summed E-state index contributed by atoms with van der Waals surface area (Å²) in [6.45, 7) is 7.30. The third kappa shape index (κ3) is 1.47. The van der Waals surface area contributed by atoms with Gasteiger partial charge in [0.1, 0.15) is 11.2 Å². The number of rotatable bonds is 1. The van der Waals surface area contributed by atoms with E-state index in [9.17, 15) is 0 Å². The number of fused-ring (bicyclic) bond motifs is 10. The fourth-order valence-corrected chi connectivity index (χ4v) is 6.97. The van der Waals surface area contributed by atoms with E-state index in [1.807, 2.05) is 0 Å². The van der Waals surface area contributed by atoms with Crippen LogP contribution in [0.5, 0.6) is 0 Å². The van der Waals surface area contributed by atoms with E-state index < -0.39 is 5.60 Å². The van der Waals surface area contributed by atoms with Gasteiger partial charge in [0.25, 0.3) is 0 Å². The molecule has 4 aliphatic rings. The molecular formula is C25H26O. The summed E-state index contributed by atoms with van der Waals surface area (Å²) in [6, 6.07) is 19.9. The highest BCUT2D eigenvalue weighted by Crippen LogP contribution is 2.73. The molecule has 2 aliphatic heterocycles. The summed E-state index contributed by atoms with van der Waals surface area (Å²) < 4.78 is 7.17. The summed E-state index contributed by atoms with van der Waals surface area (Å²) >= 11 is 0. The van der Waals surface area contributed by atoms with Gasteiger partial charge in [-0.3, -0.25) is 0 Å². The fourth-order valence-electron chi connectivity index (χ4n) is 6.97. The lowest BCUT2D eigenvalue weighted by molar-refractivity contribution is -0.0532. The molecule has 26 heavy (non-hydrogen) atoms. The molecule has 0 aromatic heterocycles. The summed E-state index contributed by atoms with van der Waals surface area (Å²) in [4.78, 5) is 0. The molecule has 2 aromatic carbocycles. The molecule has 1 heteroatoms. The highest BCUT2D eigenvalue weighted by Gasteiger charge is 2.69. The van der Waals surface area contributed by atoms with Gasteiger partial charge in [-0.15, -0.1) is 0 Å². The maximum Gasteiger partial charge on any atom is 0.142 e. The van der Waals surface area contributed by atoms with Gasteiger partial charge in [0.15, 0.2) is 0 Å². The first-order chi connectivity index (χ1) is 12.5. The van der Waals surface area contributed by atoms with Gasteiger partial charge in [0, 0.05) is 0 Å². The van der Waals surface area contributed by atoms with Gasteiger partial charge in [0.05, 0.1) is 0 Å². The van der Waals surface area contributed by atoms with Crippen LogP contribution in [0, 0.1) is 17.3 Å². The van der Waals surface area contributed by atoms with E-state index in [0.29, 0.717) is 5.92 Å². The monoisotopic (exact) mass is 342 g/mol. The normalized spacial score (nSPS) is 38.4. The molecule has 2 aromatic rings. The zero-order chi connectivity index (χ0) is 17.7. The van der Waals surface area contributed by atoms with Gasteiger partial charge >= 0.3 is 0 Å². The van der Waals surface area contributed by atoms with Crippen molar-refractivity contribution in [3.05, 3.63) is 82.4 Å². The standard InChI is InChI=1S/C25H26O/c1-23(2)18-14-13-16(15-18)21-22(23)25(17-9-5-4-6-10-17)20-12-8-7-11-19(20)24(21,3)26-25/h4-12,16,18H,13-15H2,1-3H3. The molecule has 0 saturated heterocycles. The average molecular weight is 342 g/mol. The summed E-state index contributed by atoms with van der Waals surface area (Å²) in [5.74, 6) is 1.48. The van der Waals surface area contributed by atoms with Crippen LogP contribution < -0.4 is 0 Å². The van der Waals surface area contributed by atoms with Gasteiger partial charge < -0.3 is 4.74 Å². The maximum absolute atomic E-state index is 7.17. The van der Waals surface area contributed by atoms with E-state index in [1.54, 1.807) is 11.1 Å². The molecule has 132 valence electrons. The SMILES string of the molecule is CC12OC(c3ccccc3)(C3=C1C1CCC(C1)C3(C)C)c1ccccc12. The van der Waals surface area contributed by atoms with Crippen molar-refractivity contribution in [3.8, 4) is 0 Å². The Kier molecular flexibility index (Phi) is 2.64. The van der Waals surface area contributed by atoms with E-state index in [2.05, 4.69) is 75.4 Å². The number of ether oxygens (including phenoxy) is 1. The van der Waals surface area contributed by atoms with Crippen molar-refractivity contribution in [1.82, 2.24) is 0 Å². The second-order valence-electron chi connectivity index (χ2n) is 9.45. The number of hydrogen-bond donors (Lipinski definition) is 0. The third-order valence-electron chi connectivity index (χ3n) is 8.00. The maximum atomic E-state index is 7.17. The van der Waals surface area contributed by atoms with E-state index >= 15 is 0 Å². The Bertz CT molecular complexity index is 953. The molecule has 4 unspecified atom stereocenters. The number of hydrogen-bond acceptors (Lipinski definition) is 1. The highest BCUT2D eigenvalue weighted by molar-refractivity contribution is 5.66. The molecule has 0 radical (unpaired) electrons. The molecule has 6 rings (SSSR count). The molecule has 0 spiro atoms. The lowest BCUT2D eigenvalue weighted by Gasteiger charge is -2.47. The Labute approximate surface area is 156 Å². The minimum Gasteiger partial charge on any atom is -0.346 e. The fraction of sp³-hybridized carbons (Fsp3) is 0.440. The zero-order valence-electron chi connectivity index (χ0n) is 15.9. The first-order valence-corrected chi connectivity index (χ1v) is 10.1. The van der Waals surface area contributed by atoms with Crippen LogP contribution in [0.15, 0.2) is 65.7 Å². The molecule has 2 heterocycles. The van der Waals surface area contributed by atoms with Crippen LogP contribution in [-0.2, 0) is 15.9 Å². The smallest absolute Gasteiger partial charge is 0.142 e. The molecule has 4 atom stereocenters. The van der Waals surface area contributed by atoms with Crippen molar-refractivity contribution in [1.29, 1.82) is 0 Å². The van der Waals surface area contributed by atoms with Crippen molar-refractivity contribution >= 4 is 0 Å². The quantitative estimate of drug-likeness (QED) is 0.583. The third-order valence-corrected chi connectivity index (χ3v) is 8.00. The van der Waals surface area contributed by atoms with Crippen molar-refractivity contribution in [3.63, 3.8) is 0 Å². The Morgan fingerprint density at radius 3 is 2.31 bits per heavy atom. The summed E-state index contributed by atoms with van der Waals surface area (Å²) in [5.41, 5.74) is 6.81. The van der Waals surface area contributed by atoms with Crippen LogP contribution >= 0.6 is 0 Å². The molecule has 0 N–H and O–H groups in total. The van der Waals surface area contributed by atoms with Crippen molar-refractivity contribution in [2.45, 2.75) is 51.2 Å². The summed E-state index contributed by atoms with van der Waals surface area (Å²) in [5, 5.41) is 0. The molecule has 1 fully saturated rings. The molecular weight excluding hydrogens is 316 g/mol. The van der Waals surface area contributed by atoms with Crippen LogP contribution in [0.4, 0.5) is 0 Å². The zero-order valence-corrected chi connectivity index (χ0v) is 15.9. The first-order valence-electron chi connectivity index (χ1n) is 10.1. The molecule has 1 nitrogen and oxygen atoms in total. The minimum absolute atomic E-state index is 0.184. The predicted molar refractivity (Wildman–Crippen MR) is 104 cm³/mol. The predicted octanol–water partition coefficient (Wildman–Crippen LogP) is 5.94. The molecule has 1 saturated carbocycles. The molecule has 4 bridgehead atoms. The summed E-state index contributed by atoms with van der Waals surface area (Å²) in [6.07, 6.45) is 4.04. The van der Waals surface area contributed by atoms with Crippen LogP contribution in [0.25, 0.3) is 0 Å². The van der Waals surface area contributed by atoms with Crippen LogP contribution in [-0.4, -0.2) is 0 Å². The Morgan fingerprint density at radius 2 is 1.54 bits per heavy atom. The van der Waals surface area contributed by atoms with E-state index in [1.165, 1.54) is 36.0 Å². The topological polar surface area (TPSA) is 9.23 Å². The molecule has 0 amide bonds. The molecule has 2 aliphatic carbocycles. The number of benzene rings is 2. The second-order valence-corrected chi connectivity index (χ2v) is 9.45. The minimum atomic E-state index is -0.396. The Morgan fingerprint density at radius 1 is 0.846 bits per heavy atom. The van der Waals surface area contributed by atoms with Crippen molar-refractivity contribution in [2.75, 3.05) is 0 Å². The van der Waals surface area contributed by atoms with Crippen LogP contribution in [0.1, 0.15) is 56.7 Å². The van der Waals surface area contributed by atoms with Crippen LogP contribution in [0.3, 0.4) is 0 Å². The summed E-state index contributed by atoms with van der Waals surface area (Å²) in [7, 11) is 0. The first kappa shape index (κ1) is 15.2. The van der Waals surface area contributed by atoms with Crippen LogP contribution in [0.2, 0.25) is 0 Å². The van der Waals surface area contributed by atoms with E-state index in [4.69, 9.17) is 4.74 Å². The average Bonchev–Trinajstić information content (AvgIpc) is 3.29. The lowest BCUT2D eigenvalue weighted by Crippen LogP contribution is -2.41. The Balaban J connectivity index is 1.75. The van der Waals surface area contributed by atoms with Crippen molar-refractivity contribution < 1.29 is 4.74 Å². The van der Waals surface area contributed by atoms with Gasteiger partial charge in [-0.1, -0.05) is 68.4 Å². The highest BCUT2D eigenvalue weighted by atomic mass is 16.5. The van der Waals surface area contributed by atoms with E-state index in [-0.39, 0.29) is 11.0 Å². The van der Waals surface area contributed by atoms with Gasteiger partial charge in [-0.05, 0) is 71.3 Å². The van der Waals surface area contributed by atoms with Gasteiger partial charge in [0.2, 0.25) is 0 Å². The largest absolute Gasteiger partial charge is 0.346 e. The van der Waals surface area contributed by atoms with Crippen molar-refractivity contribution in [2.24, 2.45) is 17.3 Å². The van der Waals surface area contributed by atoms with E-state index in [0.717, 1.165) is 5.92 Å². The Hall–Kier alpha value is -1.86. The van der Waals surface area contributed by atoms with Gasteiger partial charge in [-0.25, -0.2) is 0 Å².